The Hall–Kier alpha value is -5.40. The fraction of sp³-hybridized carbons (Fsp3) is 0.333. The van der Waals surface area contributed by atoms with Gasteiger partial charge in [-0.1, -0.05) is 101 Å². The van der Waals surface area contributed by atoms with Crippen LogP contribution in [0.4, 0.5) is 0 Å². The van der Waals surface area contributed by atoms with Crippen LogP contribution < -0.4 is 9.47 Å². The van der Waals surface area contributed by atoms with Gasteiger partial charge in [-0.15, -0.1) is 0 Å². The van der Waals surface area contributed by atoms with Gasteiger partial charge in [-0.3, -0.25) is 19.9 Å². The molecule has 7 nitrogen and oxygen atoms in total. The molecule has 0 bridgehead atoms. The zero-order valence-electron chi connectivity index (χ0n) is 32.8. The van der Waals surface area contributed by atoms with Crippen LogP contribution in [-0.2, 0) is 17.6 Å². The Morgan fingerprint density at radius 2 is 0.836 bits per heavy atom. The third-order valence-electron chi connectivity index (χ3n) is 10.1. The number of ether oxygens (including phenoxy) is 3. The fourth-order valence-corrected chi connectivity index (χ4v) is 6.77. The summed E-state index contributed by atoms with van der Waals surface area (Å²) in [4.78, 5) is 19.7. The molecule has 0 aliphatic rings. The van der Waals surface area contributed by atoms with Crippen molar-refractivity contribution in [3.05, 3.63) is 155 Å². The monoisotopic (exact) mass is 734 g/mol. The molecule has 0 N–H and O–H groups in total. The van der Waals surface area contributed by atoms with Crippen molar-refractivity contribution in [3.8, 4) is 34.0 Å². The molecule has 0 radical (unpaired) electrons. The lowest BCUT2D eigenvalue weighted by atomic mass is 9.99. The van der Waals surface area contributed by atoms with Crippen molar-refractivity contribution >= 4 is 0 Å². The van der Waals surface area contributed by atoms with Gasteiger partial charge in [0.25, 0.3) is 0 Å². The lowest BCUT2D eigenvalue weighted by molar-refractivity contribution is 0.0258. The van der Waals surface area contributed by atoms with Gasteiger partial charge in [0.1, 0.15) is 23.7 Å². The molecule has 2 unspecified atom stereocenters. The van der Waals surface area contributed by atoms with E-state index in [1.54, 1.807) is 14.2 Å². The Morgan fingerprint density at radius 1 is 0.436 bits per heavy atom. The van der Waals surface area contributed by atoms with Gasteiger partial charge in [-0.2, -0.15) is 0 Å². The number of hydrogen-bond acceptors (Lipinski definition) is 7. The van der Waals surface area contributed by atoms with Crippen LogP contribution >= 0.6 is 0 Å². The SMILES string of the molecule is CCCCCCc1ccc(C(OC(c2ccc(CCCCCC)cc2)c2cnc(-c3ccc(OC)cc3)cn2)c2cnc(-c3ccc(OC)cc3)cn2)cc1. The van der Waals surface area contributed by atoms with Crippen molar-refractivity contribution in [1.29, 1.82) is 0 Å². The van der Waals surface area contributed by atoms with Crippen LogP contribution in [-0.4, -0.2) is 34.2 Å². The van der Waals surface area contributed by atoms with Crippen LogP contribution in [0.2, 0.25) is 0 Å². The van der Waals surface area contributed by atoms with E-state index in [0.717, 1.165) is 58.0 Å². The molecule has 2 atom stereocenters. The zero-order valence-corrected chi connectivity index (χ0v) is 32.8. The molecule has 0 fully saturated rings. The molecule has 0 saturated heterocycles. The van der Waals surface area contributed by atoms with Crippen molar-refractivity contribution < 1.29 is 14.2 Å². The second-order valence-electron chi connectivity index (χ2n) is 14.1. The van der Waals surface area contributed by atoms with E-state index in [9.17, 15) is 0 Å². The molecule has 2 aromatic heterocycles. The topological polar surface area (TPSA) is 79.2 Å². The summed E-state index contributed by atoms with van der Waals surface area (Å²) in [6.07, 6.45) is 18.3. The number of rotatable bonds is 20. The Balaban J connectivity index is 1.34. The van der Waals surface area contributed by atoms with Gasteiger partial charge in [0.15, 0.2) is 0 Å². The van der Waals surface area contributed by atoms with Gasteiger partial charge < -0.3 is 14.2 Å². The predicted molar refractivity (Wildman–Crippen MR) is 221 cm³/mol. The highest BCUT2D eigenvalue weighted by Crippen LogP contribution is 2.36. The van der Waals surface area contributed by atoms with Crippen LogP contribution in [0.25, 0.3) is 22.5 Å². The molecule has 7 heteroatoms. The summed E-state index contributed by atoms with van der Waals surface area (Å²) < 4.78 is 17.9. The van der Waals surface area contributed by atoms with E-state index >= 15 is 0 Å². The maximum absolute atomic E-state index is 7.21. The summed E-state index contributed by atoms with van der Waals surface area (Å²) in [7, 11) is 3.33. The lowest BCUT2D eigenvalue weighted by Gasteiger charge is -2.25. The Kier molecular flexibility index (Phi) is 14.5. The maximum Gasteiger partial charge on any atom is 0.127 e. The number of aryl methyl sites for hydroxylation is 2. The summed E-state index contributed by atoms with van der Waals surface area (Å²) in [5.74, 6) is 1.60. The second-order valence-corrected chi connectivity index (χ2v) is 14.1. The first-order chi connectivity index (χ1) is 27.1. The standard InChI is InChI=1S/C48H54N4O3/c1-5-7-9-11-13-35-15-19-39(20-16-35)47(45-33-49-43(31-51-45)37-23-27-41(53-3)28-24-37)55-48(40-21-17-36(18-22-40)14-12-10-8-6-2)46-34-50-44(32-52-46)38-25-29-42(54-4)30-26-38/h15-34,47-48H,5-14H2,1-4H3. The highest BCUT2D eigenvalue weighted by atomic mass is 16.5. The molecule has 6 rings (SSSR count). The van der Waals surface area contributed by atoms with Gasteiger partial charge >= 0.3 is 0 Å². The summed E-state index contributed by atoms with van der Waals surface area (Å²) in [5, 5.41) is 0. The van der Waals surface area contributed by atoms with Crippen molar-refractivity contribution in [2.45, 2.75) is 90.3 Å². The largest absolute Gasteiger partial charge is 0.497 e. The normalized spacial score (nSPS) is 12.3. The summed E-state index contributed by atoms with van der Waals surface area (Å²) in [6.45, 7) is 4.50. The highest BCUT2D eigenvalue weighted by molar-refractivity contribution is 5.60. The van der Waals surface area contributed by atoms with Crippen LogP contribution in [0.15, 0.2) is 122 Å². The molecule has 0 amide bonds. The van der Waals surface area contributed by atoms with Crippen molar-refractivity contribution in [2.75, 3.05) is 14.2 Å². The molecule has 0 aliphatic heterocycles. The average molecular weight is 735 g/mol. The number of hydrogen-bond donors (Lipinski definition) is 0. The van der Waals surface area contributed by atoms with Gasteiger partial charge in [0.2, 0.25) is 0 Å². The molecular formula is C48H54N4O3. The Morgan fingerprint density at radius 3 is 1.16 bits per heavy atom. The van der Waals surface area contributed by atoms with Crippen LogP contribution in [0, 0.1) is 0 Å². The van der Waals surface area contributed by atoms with E-state index in [-0.39, 0.29) is 0 Å². The number of benzene rings is 4. The molecule has 0 aliphatic carbocycles. The zero-order chi connectivity index (χ0) is 38.2. The van der Waals surface area contributed by atoms with Gasteiger partial charge in [0, 0.05) is 11.1 Å². The minimum absolute atomic E-state index is 0.520. The molecule has 284 valence electrons. The van der Waals surface area contributed by atoms with E-state index in [4.69, 9.17) is 34.1 Å². The summed E-state index contributed by atoms with van der Waals surface area (Å²) in [6, 6.07) is 33.3. The van der Waals surface area contributed by atoms with E-state index in [0.29, 0.717) is 11.4 Å². The molecule has 0 saturated carbocycles. The number of aromatic nitrogens is 4. The minimum Gasteiger partial charge on any atom is -0.497 e. The molecule has 0 spiro atoms. The van der Waals surface area contributed by atoms with Crippen LogP contribution in [0.3, 0.4) is 0 Å². The van der Waals surface area contributed by atoms with E-state index in [1.165, 1.54) is 62.5 Å². The lowest BCUT2D eigenvalue weighted by Crippen LogP contribution is -2.16. The summed E-state index contributed by atoms with van der Waals surface area (Å²) >= 11 is 0. The second kappa shape index (κ2) is 20.3. The third-order valence-corrected chi connectivity index (χ3v) is 10.1. The average Bonchev–Trinajstić information content (AvgIpc) is 3.25. The molecule has 6 aromatic rings. The molecule has 4 aromatic carbocycles. The van der Waals surface area contributed by atoms with Crippen LogP contribution in [0.5, 0.6) is 11.5 Å². The first kappa shape index (κ1) is 39.3. The highest BCUT2D eigenvalue weighted by Gasteiger charge is 2.26. The number of methoxy groups -OCH3 is 2. The maximum atomic E-state index is 7.21. The smallest absolute Gasteiger partial charge is 0.127 e. The number of nitrogens with zero attached hydrogens (tertiary/aromatic N) is 4. The fourth-order valence-electron chi connectivity index (χ4n) is 6.77. The third kappa shape index (κ3) is 10.9. The van der Waals surface area contributed by atoms with Gasteiger partial charge in [0.05, 0.1) is 61.8 Å². The van der Waals surface area contributed by atoms with Crippen molar-refractivity contribution in [1.82, 2.24) is 19.9 Å². The minimum atomic E-state index is -0.520. The predicted octanol–water partition coefficient (Wildman–Crippen LogP) is 11.8. The molecule has 55 heavy (non-hydrogen) atoms. The van der Waals surface area contributed by atoms with Gasteiger partial charge in [-0.25, -0.2) is 0 Å². The van der Waals surface area contributed by atoms with Crippen LogP contribution in [0.1, 0.15) is 111 Å². The van der Waals surface area contributed by atoms with E-state index in [2.05, 4.69) is 62.4 Å². The van der Waals surface area contributed by atoms with E-state index < -0.39 is 12.2 Å². The first-order valence-corrected chi connectivity index (χ1v) is 19.8. The van der Waals surface area contributed by atoms with Gasteiger partial charge in [-0.05, 0) is 96.5 Å². The molecular weight excluding hydrogens is 681 g/mol. The quantitative estimate of drug-likeness (QED) is 0.0722. The summed E-state index contributed by atoms with van der Waals surface area (Å²) in [5.41, 5.74) is 9.57. The Labute approximate surface area is 327 Å². The number of unbranched alkanes of at least 4 members (excludes halogenated alkanes) is 6. The van der Waals surface area contributed by atoms with Crippen molar-refractivity contribution in [2.24, 2.45) is 0 Å². The Bertz CT molecular complexity index is 1850. The van der Waals surface area contributed by atoms with E-state index in [1.807, 2.05) is 73.3 Å². The van der Waals surface area contributed by atoms with Crippen molar-refractivity contribution in [3.63, 3.8) is 0 Å². The molecule has 2 heterocycles. The first-order valence-electron chi connectivity index (χ1n) is 19.8.